The number of benzene rings is 1. The molecule has 2 fully saturated rings. The van der Waals surface area contributed by atoms with Crippen LogP contribution in [-0.4, -0.2) is 53.2 Å². The highest BCUT2D eigenvalue weighted by Gasteiger charge is 2.39. The number of rotatable bonds is 3. The van der Waals surface area contributed by atoms with Gasteiger partial charge in [-0.05, 0) is 37.7 Å². The number of nitrogens with one attached hydrogen (secondary N) is 2. The summed E-state index contributed by atoms with van der Waals surface area (Å²) < 4.78 is 12.9. The molecule has 2 saturated heterocycles. The van der Waals surface area contributed by atoms with Gasteiger partial charge in [0.1, 0.15) is 5.82 Å². The number of likely N-dealkylation sites (tertiary alicyclic amines) is 1. The highest BCUT2D eigenvalue weighted by atomic mass is 19.1. The second kappa shape index (κ2) is 8.70. The second-order valence-electron chi connectivity index (χ2n) is 6.15. The molecule has 0 saturated carbocycles. The predicted octanol–water partition coefficient (Wildman–Crippen LogP) is 1.01. The van der Waals surface area contributed by atoms with Gasteiger partial charge >= 0.3 is 11.9 Å². The molecule has 25 heavy (non-hydrogen) atoms. The topological polar surface area (TPSA) is 102 Å². The largest absolute Gasteiger partial charge is 0.478 e. The Morgan fingerprint density at radius 3 is 2.32 bits per heavy atom. The van der Waals surface area contributed by atoms with Gasteiger partial charge in [-0.15, -0.1) is 0 Å². The maximum absolute atomic E-state index is 12.9. The van der Waals surface area contributed by atoms with Crippen LogP contribution in [0.4, 0.5) is 4.39 Å². The maximum atomic E-state index is 12.9. The Morgan fingerprint density at radius 2 is 1.76 bits per heavy atom. The molecule has 2 aliphatic heterocycles. The van der Waals surface area contributed by atoms with Gasteiger partial charge in [0, 0.05) is 30.7 Å². The average molecular weight is 351 g/mol. The fourth-order valence-corrected chi connectivity index (χ4v) is 3.12. The Bertz CT molecular complexity index is 619. The van der Waals surface area contributed by atoms with E-state index >= 15 is 0 Å². The summed E-state index contributed by atoms with van der Waals surface area (Å²) in [5.41, 5.74) is 7.90. The van der Waals surface area contributed by atoms with Crippen molar-refractivity contribution < 1.29 is 24.2 Å². The molecule has 3 atom stereocenters. The smallest absolute Gasteiger partial charge is 0.328 e. The zero-order valence-electron chi connectivity index (χ0n) is 13.9. The lowest BCUT2D eigenvalue weighted by Gasteiger charge is -2.33. The van der Waals surface area contributed by atoms with Crippen molar-refractivity contribution in [2.45, 2.75) is 18.5 Å². The Hall–Kier alpha value is -2.29. The van der Waals surface area contributed by atoms with Gasteiger partial charge in [0.2, 0.25) is 0 Å². The normalized spacial score (nSPS) is 25.9. The van der Waals surface area contributed by atoms with Crippen molar-refractivity contribution in [3.8, 4) is 0 Å². The van der Waals surface area contributed by atoms with Gasteiger partial charge in [-0.2, -0.15) is 0 Å². The van der Waals surface area contributed by atoms with E-state index in [-0.39, 0.29) is 5.82 Å². The summed E-state index contributed by atoms with van der Waals surface area (Å²) in [6.07, 6.45) is 2.29. The Labute approximate surface area is 145 Å². The third-order valence-electron chi connectivity index (χ3n) is 4.31. The van der Waals surface area contributed by atoms with E-state index < -0.39 is 11.9 Å². The molecule has 0 radical (unpaired) electrons. The van der Waals surface area contributed by atoms with Crippen LogP contribution in [-0.2, 0) is 9.59 Å². The highest BCUT2D eigenvalue weighted by Crippen LogP contribution is 2.33. The van der Waals surface area contributed by atoms with E-state index in [1.54, 1.807) is 0 Å². The third kappa shape index (κ3) is 5.63. The Balaban J connectivity index is 0.000000242. The van der Waals surface area contributed by atoms with Crippen LogP contribution in [0.25, 0.3) is 0 Å². The van der Waals surface area contributed by atoms with E-state index in [1.165, 1.54) is 24.1 Å². The first kappa shape index (κ1) is 19.0. The van der Waals surface area contributed by atoms with E-state index in [0.717, 1.165) is 13.1 Å². The number of hydrogen-bond donors (Lipinski definition) is 4. The molecule has 2 aliphatic rings. The molecule has 1 aromatic carbocycles. The van der Waals surface area contributed by atoms with Crippen molar-refractivity contribution in [3.05, 3.63) is 47.8 Å². The highest BCUT2D eigenvalue weighted by molar-refractivity contribution is 5.89. The Morgan fingerprint density at radius 1 is 1.16 bits per heavy atom. The second-order valence-corrected chi connectivity index (χ2v) is 6.15. The lowest BCUT2D eigenvalue weighted by Crippen LogP contribution is -2.43. The Kier molecular flexibility index (Phi) is 6.63. The number of carbonyl (C=O) groups is 2. The molecular formula is C17H22FN3O4. The van der Waals surface area contributed by atoms with Gasteiger partial charge in [0.25, 0.3) is 0 Å². The SMILES string of the molecule is CN1CCC2NNC(c3ccc(F)cc3)C2C1.O=C(O)/C=C/C(=O)O. The number of aliphatic carboxylic acids is 2. The van der Waals surface area contributed by atoms with Crippen LogP contribution in [0.1, 0.15) is 18.0 Å². The molecule has 0 aliphatic carbocycles. The fraction of sp³-hybridized carbons (Fsp3) is 0.412. The lowest BCUT2D eigenvalue weighted by molar-refractivity contribution is -0.134. The molecule has 1 aromatic rings. The minimum atomic E-state index is -1.26. The first-order valence-corrected chi connectivity index (χ1v) is 7.96. The minimum absolute atomic E-state index is 0.169. The van der Waals surface area contributed by atoms with Crippen LogP contribution in [0.5, 0.6) is 0 Å². The van der Waals surface area contributed by atoms with Gasteiger partial charge < -0.3 is 15.1 Å². The summed E-state index contributed by atoms with van der Waals surface area (Å²) in [7, 11) is 2.16. The molecule has 3 unspecified atom stereocenters. The number of carboxylic acids is 2. The van der Waals surface area contributed by atoms with E-state index in [2.05, 4.69) is 22.8 Å². The molecule has 3 rings (SSSR count). The van der Waals surface area contributed by atoms with Crippen LogP contribution in [0.3, 0.4) is 0 Å². The zero-order chi connectivity index (χ0) is 18.4. The summed E-state index contributed by atoms with van der Waals surface area (Å²) in [5.74, 6) is -2.11. The van der Waals surface area contributed by atoms with Crippen LogP contribution < -0.4 is 10.9 Å². The van der Waals surface area contributed by atoms with Crippen LogP contribution in [0.15, 0.2) is 36.4 Å². The van der Waals surface area contributed by atoms with E-state index in [1.807, 2.05) is 12.1 Å². The standard InChI is InChI=1S/C13H18FN3.C4H4O4/c1-17-7-6-12-11(8-17)13(16-15-12)9-2-4-10(14)5-3-9;5-3(6)1-2-4(7)8/h2-5,11-13,15-16H,6-8H2,1H3;1-2H,(H,5,6)(H,7,8)/b;2-1+. The molecule has 4 N–H and O–H groups in total. The first-order valence-electron chi connectivity index (χ1n) is 7.96. The number of carboxylic acid groups (broad SMARTS) is 2. The van der Waals surface area contributed by atoms with E-state index in [0.29, 0.717) is 30.2 Å². The van der Waals surface area contributed by atoms with Crippen molar-refractivity contribution in [2.24, 2.45) is 5.92 Å². The number of nitrogens with zero attached hydrogens (tertiary/aromatic N) is 1. The molecule has 0 amide bonds. The average Bonchev–Trinajstić information content (AvgIpc) is 2.97. The molecular weight excluding hydrogens is 329 g/mol. The third-order valence-corrected chi connectivity index (χ3v) is 4.31. The number of hydrazine groups is 1. The predicted molar refractivity (Wildman–Crippen MR) is 89.2 cm³/mol. The van der Waals surface area contributed by atoms with Crippen molar-refractivity contribution in [1.29, 1.82) is 0 Å². The molecule has 136 valence electrons. The fourth-order valence-electron chi connectivity index (χ4n) is 3.12. The zero-order valence-corrected chi connectivity index (χ0v) is 13.9. The molecule has 0 aromatic heterocycles. The van der Waals surface area contributed by atoms with Crippen molar-refractivity contribution >= 4 is 11.9 Å². The van der Waals surface area contributed by atoms with Crippen LogP contribution in [0.2, 0.25) is 0 Å². The molecule has 8 heteroatoms. The number of halogens is 1. The van der Waals surface area contributed by atoms with Gasteiger partial charge in [-0.3, -0.25) is 5.43 Å². The summed E-state index contributed by atoms with van der Waals surface area (Å²) in [6, 6.07) is 7.68. The van der Waals surface area contributed by atoms with Crippen molar-refractivity contribution in [3.63, 3.8) is 0 Å². The van der Waals surface area contributed by atoms with E-state index in [9.17, 15) is 14.0 Å². The van der Waals surface area contributed by atoms with Gasteiger partial charge in [-0.1, -0.05) is 12.1 Å². The quantitative estimate of drug-likeness (QED) is 0.603. The molecule has 2 heterocycles. The summed E-state index contributed by atoms with van der Waals surface area (Å²) in [4.78, 5) is 21.5. The first-order chi connectivity index (χ1) is 11.9. The monoisotopic (exact) mass is 351 g/mol. The van der Waals surface area contributed by atoms with Crippen LogP contribution in [0, 0.1) is 11.7 Å². The lowest BCUT2D eigenvalue weighted by atomic mass is 9.85. The van der Waals surface area contributed by atoms with Gasteiger partial charge in [0.05, 0.1) is 6.04 Å². The minimum Gasteiger partial charge on any atom is -0.478 e. The van der Waals surface area contributed by atoms with Gasteiger partial charge in [0.15, 0.2) is 0 Å². The molecule has 0 spiro atoms. The summed E-state index contributed by atoms with van der Waals surface area (Å²) >= 11 is 0. The molecule has 7 nitrogen and oxygen atoms in total. The summed E-state index contributed by atoms with van der Waals surface area (Å²) in [5, 5.41) is 15.6. The van der Waals surface area contributed by atoms with Gasteiger partial charge in [-0.25, -0.2) is 19.4 Å². The van der Waals surface area contributed by atoms with Crippen molar-refractivity contribution in [2.75, 3.05) is 20.1 Å². The summed E-state index contributed by atoms with van der Waals surface area (Å²) in [6.45, 7) is 2.23. The maximum Gasteiger partial charge on any atom is 0.328 e. The number of piperidine rings is 1. The van der Waals surface area contributed by atoms with Crippen molar-refractivity contribution in [1.82, 2.24) is 15.8 Å². The number of hydrogen-bond acceptors (Lipinski definition) is 5. The number of fused-ring (bicyclic) bond motifs is 1. The van der Waals surface area contributed by atoms with E-state index in [4.69, 9.17) is 10.2 Å². The molecule has 0 bridgehead atoms. The van der Waals surface area contributed by atoms with Crippen LogP contribution >= 0.6 is 0 Å².